The normalized spacial score (nSPS) is 21.2. The summed E-state index contributed by atoms with van der Waals surface area (Å²) in [6.45, 7) is 6.24. The summed E-state index contributed by atoms with van der Waals surface area (Å²) < 4.78 is 0. The van der Waals surface area contributed by atoms with E-state index in [2.05, 4.69) is 0 Å². The first kappa shape index (κ1) is 10.5. The second-order valence-electron chi connectivity index (χ2n) is 4.91. The summed E-state index contributed by atoms with van der Waals surface area (Å²) in [5.74, 6) is 0.0269. The van der Waals surface area contributed by atoms with Crippen molar-refractivity contribution in [3.63, 3.8) is 0 Å². The Morgan fingerprint density at radius 2 is 2.08 bits per heavy atom. The third-order valence-corrected chi connectivity index (χ3v) is 2.02. The maximum Gasteiger partial charge on any atom is 0.224 e. The summed E-state index contributed by atoms with van der Waals surface area (Å²) in [6, 6.07) is 0. The minimum absolute atomic E-state index is 0.0269. The molecule has 1 rings (SSSR count). The van der Waals surface area contributed by atoms with Gasteiger partial charge in [-0.2, -0.15) is 0 Å². The molecule has 0 aromatic carbocycles. The Morgan fingerprint density at radius 1 is 1.62 bits per heavy atom. The number of β-amino-alcohol motifs (C(OH)–C–C–N with tert-alkyl or cyclic N) is 1. The standard InChI is InChI=1S/C9H18N2O2/c1-8(2,10)4-7(12)11-5-9(3,13)6-11/h13H,4-6,10H2,1-3H3. The van der Waals surface area contributed by atoms with Crippen molar-refractivity contribution in [2.24, 2.45) is 5.73 Å². The predicted octanol–water partition coefficient (Wildman–Crippen LogP) is -0.293. The van der Waals surface area contributed by atoms with Crippen molar-refractivity contribution < 1.29 is 9.90 Å². The minimum atomic E-state index is -0.686. The van der Waals surface area contributed by atoms with E-state index in [0.717, 1.165) is 0 Å². The molecule has 13 heavy (non-hydrogen) atoms. The van der Waals surface area contributed by atoms with Crippen LogP contribution < -0.4 is 5.73 Å². The topological polar surface area (TPSA) is 66.6 Å². The van der Waals surface area contributed by atoms with E-state index in [1.807, 2.05) is 13.8 Å². The van der Waals surface area contributed by atoms with Crippen LogP contribution in [-0.2, 0) is 4.79 Å². The fraction of sp³-hybridized carbons (Fsp3) is 0.889. The average molecular weight is 186 g/mol. The molecule has 0 atom stereocenters. The van der Waals surface area contributed by atoms with Crippen molar-refractivity contribution in [1.29, 1.82) is 0 Å². The molecule has 3 N–H and O–H groups in total. The lowest BCUT2D eigenvalue weighted by atomic mass is 9.94. The lowest BCUT2D eigenvalue weighted by Crippen LogP contribution is -2.62. The van der Waals surface area contributed by atoms with Gasteiger partial charge < -0.3 is 15.7 Å². The molecule has 0 aromatic heterocycles. The predicted molar refractivity (Wildman–Crippen MR) is 50.1 cm³/mol. The van der Waals surface area contributed by atoms with Gasteiger partial charge in [-0.25, -0.2) is 0 Å². The largest absolute Gasteiger partial charge is 0.386 e. The Morgan fingerprint density at radius 3 is 2.38 bits per heavy atom. The summed E-state index contributed by atoms with van der Waals surface area (Å²) in [4.78, 5) is 13.1. The van der Waals surface area contributed by atoms with Crippen LogP contribution >= 0.6 is 0 Å². The van der Waals surface area contributed by atoms with Crippen molar-refractivity contribution in [3.05, 3.63) is 0 Å². The van der Waals surface area contributed by atoms with E-state index in [1.165, 1.54) is 0 Å². The van der Waals surface area contributed by atoms with Gasteiger partial charge >= 0.3 is 0 Å². The molecule has 1 aliphatic rings. The summed E-state index contributed by atoms with van der Waals surface area (Å²) in [5.41, 5.74) is 4.56. The quantitative estimate of drug-likeness (QED) is 0.622. The van der Waals surface area contributed by atoms with E-state index in [4.69, 9.17) is 5.73 Å². The highest BCUT2D eigenvalue weighted by Crippen LogP contribution is 2.21. The zero-order chi connectivity index (χ0) is 10.3. The molecule has 76 valence electrons. The number of nitrogens with zero attached hydrogens (tertiary/aromatic N) is 1. The average Bonchev–Trinajstić information content (AvgIpc) is 1.77. The Bertz CT molecular complexity index is 210. The first-order chi connectivity index (χ1) is 5.70. The Kier molecular flexibility index (Phi) is 2.38. The molecule has 1 amide bonds. The van der Waals surface area contributed by atoms with E-state index in [-0.39, 0.29) is 5.91 Å². The SMILES string of the molecule is CC(C)(N)CC(=O)N1CC(C)(O)C1. The molecule has 4 nitrogen and oxygen atoms in total. The van der Waals surface area contributed by atoms with Gasteiger partial charge in [0.1, 0.15) is 0 Å². The van der Waals surface area contributed by atoms with Crippen molar-refractivity contribution in [2.75, 3.05) is 13.1 Å². The molecule has 0 unspecified atom stereocenters. The molecule has 1 saturated heterocycles. The molecule has 1 fully saturated rings. The van der Waals surface area contributed by atoms with Crippen LogP contribution in [0.1, 0.15) is 27.2 Å². The van der Waals surface area contributed by atoms with Crippen LogP contribution in [0.4, 0.5) is 0 Å². The van der Waals surface area contributed by atoms with Crippen LogP contribution in [0, 0.1) is 0 Å². The summed E-state index contributed by atoms with van der Waals surface area (Å²) in [7, 11) is 0. The number of hydrogen-bond donors (Lipinski definition) is 2. The number of amides is 1. The Hall–Kier alpha value is -0.610. The highest BCUT2D eigenvalue weighted by atomic mass is 16.3. The summed E-state index contributed by atoms with van der Waals surface area (Å²) in [5, 5.41) is 9.41. The Labute approximate surface area is 78.7 Å². The van der Waals surface area contributed by atoms with E-state index in [9.17, 15) is 9.90 Å². The van der Waals surface area contributed by atoms with Gasteiger partial charge in [0, 0.05) is 12.0 Å². The van der Waals surface area contributed by atoms with E-state index in [0.29, 0.717) is 19.5 Å². The number of aliphatic hydroxyl groups is 1. The summed E-state index contributed by atoms with van der Waals surface area (Å²) >= 11 is 0. The zero-order valence-electron chi connectivity index (χ0n) is 8.50. The highest BCUT2D eigenvalue weighted by Gasteiger charge is 2.39. The van der Waals surface area contributed by atoms with Gasteiger partial charge in [0.05, 0.1) is 18.7 Å². The molecular weight excluding hydrogens is 168 g/mol. The fourth-order valence-corrected chi connectivity index (χ4v) is 1.45. The van der Waals surface area contributed by atoms with Gasteiger partial charge in [-0.3, -0.25) is 4.79 Å². The van der Waals surface area contributed by atoms with E-state index >= 15 is 0 Å². The molecular formula is C9H18N2O2. The molecule has 1 heterocycles. The van der Waals surface area contributed by atoms with Gasteiger partial charge in [0.2, 0.25) is 5.91 Å². The first-order valence-electron chi connectivity index (χ1n) is 4.49. The first-order valence-corrected chi connectivity index (χ1v) is 4.49. The number of rotatable bonds is 2. The van der Waals surface area contributed by atoms with Crippen LogP contribution in [0.5, 0.6) is 0 Å². The lowest BCUT2D eigenvalue weighted by Gasteiger charge is -2.44. The second kappa shape index (κ2) is 2.96. The molecule has 0 aromatic rings. The fourth-order valence-electron chi connectivity index (χ4n) is 1.45. The van der Waals surface area contributed by atoms with E-state index < -0.39 is 11.1 Å². The molecule has 0 saturated carbocycles. The zero-order valence-corrected chi connectivity index (χ0v) is 8.50. The van der Waals surface area contributed by atoms with Gasteiger partial charge in [0.25, 0.3) is 0 Å². The molecule has 4 heteroatoms. The van der Waals surface area contributed by atoms with Crippen LogP contribution in [0.3, 0.4) is 0 Å². The van der Waals surface area contributed by atoms with Crippen LogP contribution in [-0.4, -0.2) is 40.1 Å². The van der Waals surface area contributed by atoms with Crippen LogP contribution in [0.15, 0.2) is 0 Å². The molecule has 1 aliphatic heterocycles. The third-order valence-electron chi connectivity index (χ3n) is 2.02. The maximum atomic E-state index is 11.5. The maximum absolute atomic E-state index is 11.5. The number of carbonyl (C=O) groups is 1. The lowest BCUT2D eigenvalue weighted by molar-refractivity contribution is -0.153. The van der Waals surface area contributed by atoms with E-state index in [1.54, 1.807) is 11.8 Å². The van der Waals surface area contributed by atoms with Crippen molar-refractivity contribution in [3.8, 4) is 0 Å². The van der Waals surface area contributed by atoms with Gasteiger partial charge in [-0.05, 0) is 20.8 Å². The smallest absolute Gasteiger partial charge is 0.224 e. The number of carbonyl (C=O) groups excluding carboxylic acids is 1. The molecule has 0 radical (unpaired) electrons. The molecule has 0 bridgehead atoms. The monoisotopic (exact) mass is 186 g/mol. The van der Waals surface area contributed by atoms with Crippen LogP contribution in [0.25, 0.3) is 0 Å². The second-order valence-corrected chi connectivity index (χ2v) is 4.91. The number of hydrogen-bond acceptors (Lipinski definition) is 3. The number of nitrogens with two attached hydrogens (primary N) is 1. The van der Waals surface area contributed by atoms with Crippen molar-refractivity contribution >= 4 is 5.91 Å². The van der Waals surface area contributed by atoms with Gasteiger partial charge in [0.15, 0.2) is 0 Å². The molecule has 0 spiro atoms. The highest BCUT2D eigenvalue weighted by molar-refractivity contribution is 5.78. The van der Waals surface area contributed by atoms with Gasteiger partial charge in [-0.15, -0.1) is 0 Å². The number of likely N-dealkylation sites (tertiary alicyclic amines) is 1. The van der Waals surface area contributed by atoms with Crippen molar-refractivity contribution in [1.82, 2.24) is 4.90 Å². The third kappa shape index (κ3) is 2.97. The Balaban J connectivity index is 2.36. The van der Waals surface area contributed by atoms with Gasteiger partial charge in [-0.1, -0.05) is 0 Å². The van der Waals surface area contributed by atoms with Crippen LogP contribution in [0.2, 0.25) is 0 Å². The molecule has 0 aliphatic carbocycles. The summed E-state index contributed by atoms with van der Waals surface area (Å²) in [6.07, 6.45) is 0.336. The van der Waals surface area contributed by atoms with Crippen molar-refractivity contribution in [2.45, 2.75) is 38.3 Å². The minimum Gasteiger partial charge on any atom is -0.386 e.